The summed E-state index contributed by atoms with van der Waals surface area (Å²) in [6.07, 6.45) is 0.0456. The van der Waals surface area contributed by atoms with E-state index in [1.54, 1.807) is 18.0 Å². The predicted octanol–water partition coefficient (Wildman–Crippen LogP) is 2.56. The number of hydrogen-bond donors (Lipinski definition) is 0. The molecule has 0 spiro atoms. The summed E-state index contributed by atoms with van der Waals surface area (Å²) in [7, 11) is 3.20. The van der Waals surface area contributed by atoms with Crippen LogP contribution in [-0.4, -0.2) is 50.0 Å². The second-order valence-corrected chi connectivity index (χ2v) is 7.42. The van der Waals surface area contributed by atoms with Crippen molar-refractivity contribution >= 4 is 23.5 Å². The van der Waals surface area contributed by atoms with Crippen LogP contribution in [0.3, 0.4) is 0 Å². The van der Waals surface area contributed by atoms with Gasteiger partial charge in [-0.3, -0.25) is 14.4 Å². The molecular weight excluding hydrogens is 384 g/mol. The first-order valence-corrected chi connectivity index (χ1v) is 9.78. The number of nitrogens with zero attached hydrogens (tertiary/aromatic N) is 2. The van der Waals surface area contributed by atoms with E-state index in [0.717, 1.165) is 11.1 Å². The molecule has 1 aliphatic heterocycles. The van der Waals surface area contributed by atoms with Gasteiger partial charge in [0, 0.05) is 26.6 Å². The fraction of sp³-hybridized carbons (Fsp3) is 0.348. The van der Waals surface area contributed by atoms with Gasteiger partial charge in [-0.15, -0.1) is 0 Å². The van der Waals surface area contributed by atoms with Crippen LogP contribution in [0.25, 0.3) is 0 Å². The number of amides is 2. The Balaban J connectivity index is 1.56. The topological polar surface area (TPSA) is 76.2 Å². The van der Waals surface area contributed by atoms with Crippen molar-refractivity contribution in [1.82, 2.24) is 4.90 Å². The van der Waals surface area contributed by atoms with Gasteiger partial charge in [0.2, 0.25) is 5.91 Å². The molecule has 1 saturated heterocycles. The van der Waals surface area contributed by atoms with E-state index >= 15 is 0 Å². The molecule has 158 valence electrons. The maximum atomic E-state index is 12.5. The molecule has 0 aromatic heterocycles. The summed E-state index contributed by atoms with van der Waals surface area (Å²) in [6, 6.07) is 15.1. The Morgan fingerprint density at radius 3 is 2.60 bits per heavy atom. The third-order valence-corrected chi connectivity index (χ3v) is 5.11. The lowest BCUT2D eigenvalue weighted by atomic mass is 10.1. The number of hydrogen-bond acceptors (Lipinski definition) is 5. The van der Waals surface area contributed by atoms with E-state index in [2.05, 4.69) is 0 Å². The molecule has 2 aromatic rings. The highest BCUT2D eigenvalue weighted by Crippen LogP contribution is 2.34. The molecule has 2 aromatic carbocycles. The monoisotopic (exact) mass is 410 g/mol. The van der Waals surface area contributed by atoms with E-state index in [1.165, 1.54) is 12.0 Å². The fourth-order valence-electron chi connectivity index (χ4n) is 3.42. The largest absolute Gasteiger partial charge is 0.495 e. The number of carbonyl (C=O) groups excluding carboxylic acids is 3. The summed E-state index contributed by atoms with van der Waals surface area (Å²) >= 11 is 0. The second-order valence-electron chi connectivity index (χ2n) is 7.42. The van der Waals surface area contributed by atoms with Gasteiger partial charge in [-0.2, -0.15) is 0 Å². The SMILES string of the molecule is COc1ccc(C)cc1N1C[C@H](C(=O)OCC(=O)N(C)Cc2ccccc2)CC1=O. The van der Waals surface area contributed by atoms with Crippen molar-refractivity contribution in [3.8, 4) is 5.75 Å². The first-order chi connectivity index (χ1) is 14.4. The third kappa shape index (κ3) is 4.97. The standard InChI is InChI=1S/C23H26N2O5/c1-16-9-10-20(29-3)19(11-16)25-14-18(12-21(25)26)23(28)30-15-22(27)24(2)13-17-7-5-4-6-8-17/h4-11,18H,12-15H2,1-3H3/t18-/m1/s1. The van der Waals surface area contributed by atoms with Crippen molar-refractivity contribution in [3.05, 3.63) is 59.7 Å². The Labute approximate surface area is 176 Å². The van der Waals surface area contributed by atoms with Gasteiger partial charge in [0.25, 0.3) is 5.91 Å². The molecule has 0 unspecified atom stereocenters. The van der Waals surface area contributed by atoms with Crippen molar-refractivity contribution in [1.29, 1.82) is 0 Å². The summed E-state index contributed by atoms with van der Waals surface area (Å²) in [5.74, 6) is -1.06. The normalized spacial score (nSPS) is 15.8. The molecule has 2 amide bonds. The van der Waals surface area contributed by atoms with Crippen LogP contribution in [0.5, 0.6) is 5.75 Å². The number of aryl methyl sites for hydroxylation is 1. The van der Waals surface area contributed by atoms with Crippen LogP contribution in [0.2, 0.25) is 0 Å². The Hall–Kier alpha value is -3.35. The Bertz CT molecular complexity index is 928. The lowest BCUT2D eigenvalue weighted by Crippen LogP contribution is -2.32. The number of carbonyl (C=O) groups is 3. The highest BCUT2D eigenvalue weighted by Gasteiger charge is 2.37. The zero-order valence-corrected chi connectivity index (χ0v) is 17.5. The first-order valence-electron chi connectivity index (χ1n) is 9.78. The van der Waals surface area contributed by atoms with E-state index in [4.69, 9.17) is 9.47 Å². The Kier molecular flexibility index (Phi) is 6.72. The lowest BCUT2D eigenvalue weighted by Gasteiger charge is -2.20. The van der Waals surface area contributed by atoms with Crippen molar-refractivity contribution < 1.29 is 23.9 Å². The van der Waals surface area contributed by atoms with Crippen LogP contribution in [-0.2, 0) is 25.7 Å². The van der Waals surface area contributed by atoms with Crippen molar-refractivity contribution in [2.45, 2.75) is 19.9 Å². The smallest absolute Gasteiger partial charge is 0.311 e. The van der Waals surface area contributed by atoms with Crippen molar-refractivity contribution in [2.24, 2.45) is 5.92 Å². The minimum absolute atomic E-state index is 0.0456. The molecule has 1 aliphatic rings. The number of benzene rings is 2. The van der Waals surface area contributed by atoms with Gasteiger partial charge in [0.1, 0.15) is 5.75 Å². The van der Waals surface area contributed by atoms with E-state index < -0.39 is 11.9 Å². The van der Waals surface area contributed by atoms with Crippen LogP contribution < -0.4 is 9.64 Å². The molecule has 1 fully saturated rings. The molecule has 1 heterocycles. The van der Waals surface area contributed by atoms with Crippen LogP contribution in [0, 0.1) is 12.8 Å². The number of rotatable bonds is 7. The molecule has 0 bridgehead atoms. The third-order valence-electron chi connectivity index (χ3n) is 5.11. The molecule has 3 rings (SSSR count). The Morgan fingerprint density at radius 2 is 1.90 bits per heavy atom. The summed E-state index contributed by atoms with van der Waals surface area (Å²) in [6.45, 7) is 2.21. The highest BCUT2D eigenvalue weighted by molar-refractivity contribution is 6.00. The maximum absolute atomic E-state index is 12.5. The molecular formula is C23H26N2O5. The van der Waals surface area contributed by atoms with Gasteiger partial charge < -0.3 is 19.3 Å². The number of anilines is 1. The van der Waals surface area contributed by atoms with Gasteiger partial charge >= 0.3 is 5.97 Å². The average molecular weight is 410 g/mol. The molecule has 7 heteroatoms. The number of esters is 1. The van der Waals surface area contributed by atoms with Crippen LogP contribution in [0.15, 0.2) is 48.5 Å². The number of ether oxygens (including phenoxy) is 2. The maximum Gasteiger partial charge on any atom is 0.311 e. The summed E-state index contributed by atoms with van der Waals surface area (Å²) in [5, 5.41) is 0. The van der Waals surface area contributed by atoms with Crippen LogP contribution in [0.1, 0.15) is 17.5 Å². The zero-order valence-electron chi connectivity index (χ0n) is 17.5. The quantitative estimate of drug-likeness (QED) is 0.656. The summed E-state index contributed by atoms with van der Waals surface area (Å²) in [4.78, 5) is 40.3. The molecule has 7 nitrogen and oxygen atoms in total. The molecule has 0 radical (unpaired) electrons. The Morgan fingerprint density at radius 1 is 1.17 bits per heavy atom. The average Bonchev–Trinajstić information content (AvgIpc) is 3.14. The second kappa shape index (κ2) is 9.43. The molecule has 0 aliphatic carbocycles. The molecule has 0 N–H and O–H groups in total. The van der Waals surface area contributed by atoms with E-state index in [1.807, 2.05) is 49.4 Å². The number of likely N-dealkylation sites (N-methyl/N-ethyl adjacent to an activating group) is 1. The summed E-state index contributed by atoms with van der Waals surface area (Å²) < 4.78 is 10.6. The van der Waals surface area contributed by atoms with Crippen LogP contribution >= 0.6 is 0 Å². The van der Waals surface area contributed by atoms with Crippen molar-refractivity contribution in [2.75, 3.05) is 32.2 Å². The molecule has 0 saturated carbocycles. The highest BCUT2D eigenvalue weighted by atomic mass is 16.5. The van der Waals surface area contributed by atoms with Gasteiger partial charge in [-0.1, -0.05) is 36.4 Å². The number of methoxy groups -OCH3 is 1. The minimum atomic E-state index is -0.616. The van der Waals surface area contributed by atoms with Gasteiger partial charge in [-0.25, -0.2) is 0 Å². The van der Waals surface area contributed by atoms with Crippen molar-refractivity contribution in [3.63, 3.8) is 0 Å². The molecule has 1 atom stereocenters. The van der Waals surface area contributed by atoms with E-state index in [-0.39, 0.29) is 31.4 Å². The van der Waals surface area contributed by atoms with E-state index in [0.29, 0.717) is 18.0 Å². The van der Waals surface area contributed by atoms with Crippen LogP contribution in [0.4, 0.5) is 5.69 Å². The van der Waals surface area contributed by atoms with Gasteiger partial charge in [0.05, 0.1) is 18.7 Å². The minimum Gasteiger partial charge on any atom is -0.495 e. The van der Waals surface area contributed by atoms with E-state index in [9.17, 15) is 14.4 Å². The summed E-state index contributed by atoms with van der Waals surface area (Å²) in [5.41, 5.74) is 2.61. The first kappa shape index (κ1) is 21.4. The predicted molar refractivity (Wildman–Crippen MR) is 112 cm³/mol. The molecule has 30 heavy (non-hydrogen) atoms. The van der Waals surface area contributed by atoms with Gasteiger partial charge in [0.15, 0.2) is 6.61 Å². The van der Waals surface area contributed by atoms with Gasteiger partial charge in [-0.05, 0) is 30.2 Å². The fourth-order valence-corrected chi connectivity index (χ4v) is 3.42. The lowest BCUT2D eigenvalue weighted by molar-refractivity contribution is -0.155. The zero-order chi connectivity index (χ0) is 21.7.